The van der Waals surface area contributed by atoms with Gasteiger partial charge in [-0.15, -0.1) is 11.8 Å². The fourth-order valence-electron chi connectivity index (χ4n) is 1.40. The molecule has 0 radical (unpaired) electrons. The second-order valence-corrected chi connectivity index (χ2v) is 4.77. The maximum atomic E-state index is 11.7. The van der Waals surface area contributed by atoms with E-state index >= 15 is 0 Å². The number of hydrogen-bond donors (Lipinski definition) is 1. The van der Waals surface area contributed by atoms with Crippen molar-refractivity contribution in [2.24, 2.45) is 0 Å². The molecule has 1 N–H and O–H groups in total. The van der Waals surface area contributed by atoms with Crippen molar-refractivity contribution < 1.29 is 4.79 Å². The average molecular weight is 248 g/mol. The molecule has 0 amide bonds. The lowest BCUT2D eigenvalue weighted by Gasteiger charge is -2.01. The van der Waals surface area contributed by atoms with Gasteiger partial charge in [-0.05, 0) is 19.1 Å². The van der Waals surface area contributed by atoms with Crippen LogP contribution >= 0.6 is 11.8 Å². The van der Waals surface area contributed by atoms with Gasteiger partial charge in [0.1, 0.15) is 5.78 Å². The van der Waals surface area contributed by atoms with E-state index in [4.69, 9.17) is 0 Å². The van der Waals surface area contributed by atoms with Crippen LogP contribution in [0.15, 0.2) is 34.1 Å². The number of H-pyrrole nitrogens is 1. The highest BCUT2D eigenvalue weighted by atomic mass is 32.2. The summed E-state index contributed by atoms with van der Waals surface area (Å²) in [6.07, 6.45) is 0.457. The van der Waals surface area contributed by atoms with Crippen LogP contribution in [-0.4, -0.2) is 21.5 Å². The Hall–Kier alpha value is -1.62. The van der Waals surface area contributed by atoms with Crippen LogP contribution in [0.25, 0.3) is 11.0 Å². The third-order valence-corrected chi connectivity index (χ3v) is 3.22. The van der Waals surface area contributed by atoms with E-state index < -0.39 is 0 Å². The van der Waals surface area contributed by atoms with Gasteiger partial charge in [0.25, 0.3) is 5.56 Å². The van der Waals surface area contributed by atoms with E-state index in [2.05, 4.69) is 9.97 Å². The number of aromatic nitrogens is 2. The van der Waals surface area contributed by atoms with Crippen LogP contribution in [-0.2, 0) is 4.79 Å². The number of para-hydroxylation sites is 2. The molecule has 17 heavy (non-hydrogen) atoms. The molecule has 0 saturated heterocycles. The van der Waals surface area contributed by atoms with Crippen LogP contribution < -0.4 is 5.56 Å². The predicted octanol–water partition coefficient (Wildman–Crippen LogP) is 1.99. The lowest BCUT2D eigenvalue weighted by atomic mass is 10.3. The minimum absolute atomic E-state index is 0.120. The first-order valence-electron chi connectivity index (χ1n) is 5.28. The number of nitrogens with zero attached hydrogens (tertiary/aromatic N) is 1. The number of aromatic amines is 1. The van der Waals surface area contributed by atoms with Crippen molar-refractivity contribution >= 4 is 28.6 Å². The lowest BCUT2D eigenvalue weighted by Crippen LogP contribution is -2.11. The third kappa shape index (κ3) is 2.94. The first-order chi connectivity index (χ1) is 8.16. The van der Waals surface area contributed by atoms with Crippen LogP contribution in [0.5, 0.6) is 0 Å². The molecule has 2 aromatic rings. The number of ketones is 1. The topological polar surface area (TPSA) is 62.8 Å². The number of benzene rings is 1. The summed E-state index contributed by atoms with van der Waals surface area (Å²) in [5, 5.41) is 0.421. The summed E-state index contributed by atoms with van der Waals surface area (Å²) < 4.78 is 0. The summed E-state index contributed by atoms with van der Waals surface area (Å²) in [5.41, 5.74) is 1.29. The number of carbonyl (C=O) groups is 1. The summed E-state index contributed by atoms with van der Waals surface area (Å²) in [6.45, 7) is 1.54. The van der Waals surface area contributed by atoms with Crippen LogP contribution in [0, 0.1) is 0 Å². The van der Waals surface area contributed by atoms with Crippen LogP contribution in [0.3, 0.4) is 0 Å². The van der Waals surface area contributed by atoms with E-state index in [-0.39, 0.29) is 11.3 Å². The van der Waals surface area contributed by atoms with Crippen molar-refractivity contribution in [3.8, 4) is 0 Å². The molecule has 0 aliphatic carbocycles. The number of thioether (sulfide) groups is 1. The molecule has 0 spiro atoms. The standard InChI is InChI=1S/C12H12N2O2S/c1-8(15)6-7-17-12-11(16)13-9-4-2-3-5-10(9)14-12/h2-5H,6-7H2,1H3,(H,13,16). The zero-order chi connectivity index (χ0) is 12.3. The Balaban J connectivity index is 2.25. The SMILES string of the molecule is CC(=O)CCSc1nc2ccccc2[nH]c1=O. The minimum atomic E-state index is -0.197. The summed E-state index contributed by atoms with van der Waals surface area (Å²) in [5.74, 6) is 0.707. The summed E-state index contributed by atoms with van der Waals surface area (Å²) in [4.78, 5) is 29.5. The Bertz CT molecular complexity index is 607. The second-order valence-electron chi connectivity index (χ2n) is 3.69. The Morgan fingerprint density at radius 3 is 2.94 bits per heavy atom. The molecule has 0 unspecified atom stereocenters. The zero-order valence-corrected chi connectivity index (χ0v) is 10.2. The Kier molecular flexibility index (Phi) is 3.58. The fraction of sp³-hybridized carbons (Fsp3) is 0.250. The Morgan fingerprint density at radius 2 is 2.18 bits per heavy atom. The molecule has 0 atom stereocenters. The number of rotatable bonds is 4. The highest BCUT2D eigenvalue weighted by molar-refractivity contribution is 7.99. The van der Waals surface area contributed by atoms with Gasteiger partial charge < -0.3 is 4.98 Å². The van der Waals surface area contributed by atoms with Crippen LogP contribution in [0.4, 0.5) is 0 Å². The molecular weight excluding hydrogens is 236 g/mol. The number of fused-ring (bicyclic) bond motifs is 1. The molecule has 88 valence electrons. The maximum Gasteiger partial charge on any atom is 0.280 e. The van der Waals surface area contributed by atoms with E-state index in [1.165, 1.54) is 11.8 Å². The van der Waals surface area contributed by atoms with Gasteiger partial charge in [-0.25, -0.2) is 4.98 Å². The van der Waals surface area contributed by atoms with Crippen molar-refractivity contribution in [3.63, 3.8) is 0 Å². The van der Waals surface area contributed by atoms with Gasteiger partial charge in [0, 0.05) is 12.2 Å². The molecule has 2 rings (SSSR count). The smallest absolute Gasteiger partial charge is 0.280 e. The highest BCUT2D eigenvalue weighted by Crippen LogP contribution is 2.15. The summed E-state index contributed by atoms with van der Waals surface area (Å²) in [7, 11) is 0. The molecule has 0 aliphatic heterocycles. The number of nitrogens with one attached hydrogen (secondary N) is 1. The van der Waals surface area contributed by atoms with Crippen molar-refractivity contribution in [2.45, 2.75) is 18.4 Å². The third-order valence-electron chi connectivity index (χ3n) is 2.26. The first kappa shape index (κ1) is 11.9. The predicted molar refractivity (Wildman–Crippen MR) is 68.4 cm³/mol. The van der Waals surface area contributed by atoms with Gasteiger partial charge in [-0.1, -0.05) is 12.1 Å². The molecule has 4 nitrogen and oxygen atoms in total. The molecule has 0 saturated carbocycles. The lowest BCUT2D eigenvalue weighted by molar-refractivity contribution is -0.116. The van der Waals surface area contributed by atoms with Crippen LogP contribution in [0.1, 0.15) is 13.3 Å². The van der Waals surface area contributed by atoms with E-state index in [1.807, 2.05) is 24.3 Å². The summed E-state index contributed by atoms with van der Waals surface area (Å²) in [6, 6.07) is 7.38. The average Bonchev–Trinajstić information content (AvgIpc) is 2.29. The van der Waals surface area contributed by atoms with Crippen molar-refractivity contribution in [2.75, 3.05) is 5.75 Å². The monoisotopic (exact) mass is 248 g/mol. The first-order valence-corrected chi connectivity index (χ1v) is 6.26. The molecule has 0 fully saturated rings. The molecule has 0 bridgehead atoms. The number of carbonyl (C=O) groups excluding carboxylic acids is 1. The van der Waals surface area contributed by atoms with Gasteiger partial charge >= 0.3 is 0 Å². The van der Waals surface area contributed by atoms with Gasteiger partial charge in [-0.2, -0.15) is 0 Å². The summed E-state index contributed by atoms with van der Waals surface area (Å²) >= 11 is 1.31. The largest absolute Gasteiger partial charge is 0.318 e. The molecule has 0 aliphatic rings. The second kappa shape index (κ2) is 5.14. The van der Waals surface area contributed by atoms with Gasteiger partial charge in [0.2, 0.25) is 0 Å². The molecule has 1 heterocycles. The van der Waals surface area contributed by atoms with Crippen LogP contribution in [0.2, 0.25) is 0 Å². The molecular formula is C12H12N2O2S. The van der Waals surface area contributed by atoms with Crippen molar-refractivity contribution in [1.82, 2.24) is 9.97 Å². The Morgan fingerprint density at radius 1 is 1.41 bits per heavy atom. The molecule has 1 aromatic carbocycles. The fourth-order valence-corrected chi connectivity index (χ4v) is 2.33. The number of Topliss-reactive ketones (excluding diaryl/α,β-unsaturated/α-hetero) is 1. The molecule has 1 aromatic heterocycles. The van der Waals surface area contributed by atoms with E-state index in [9.17, 15) is 9.59 Å². The molecule has 5 heteroatoms. The van der Waals surface area contributed by atoms with E-state index in [1.54, 1.807) is 6.92 Å². The van der Waals surface area contributed by atoms with Crippen molar-refractivity contribution in [3.05, 3.63) is 34.6 Å². The quantitative estimate of drug-likeness (QED) is 0.840. The maximum absolute atomic E-state index is 11.7. The Labute approximate surface area is 102 Å². The normalized spacial score (nSPS) is 10.6. The van der Waals surface area contributed by atoms with E-state index in [0.717, 1.165) is 11.0 Å². The van der Waals surface area contributed by atoms with E-state index in [0.29, 0.717) is 17.2 Å². The minimum Gasteiger partial charge on any atom is -0.318 e. The van der Waals surface area contributed by atoms with Gasteiger partial charge in [0.05, 0.1) is 11.0 Å². The number of hydrogen-bond acceptors (Lipinski definition) is 4. The van der Waals surface area contributed by atoms with Gasteiger partial charge in [-0.3, -0.25) is 9.59 Å². The zero-order valence-electron chi connectivity index (χ0n) is 9.40. The van der Waals surface area contributed by atoms with Crippen molar-refractivity contribution in [1.29, 1.82) is 0 Å². The highest BCUT2D eigenvalue weighted by Gasteiger charge is 2.05. The van der Waals surface area contributed by atoms with Gasteiger partial charge in [0.15, 0.2) is 5.03 Å².